The number of thiazole rings is 1. The maximum atomic E-state index is 4.79. The van der Waals surface area contributed by atoms with Crippen molar-refractivity contribution in [3.05, 3.63) is 83.5 Å². The second-order valence-corrected chi connectivity index (χ2v) is 6.88. The predicted octanol–water partition coefficient (Wildman–Crippen LogP) is 5.19. The van der Waals surface area contributed by atoms with Gasteiger partial charge in [0.15, 0.2) is 0 Å². The van der Waals surface area contributed by atoms with Crippen molar-refractivity contribution in [3.8, 4) is 21.8 Å². The number of nitrogens with one attached hydrogen (secondary N) is 1. The minimum absolute atomic E-state index is 0.638. The molecule has 4 nitrogen and oxygen atoms in total. The van der Waals surface area contributed by atoms with Crippen LogP contribution in [0, 0.1) is 6.92 Å². The first-order valence-corrected chi connectivity index (χ1v) is 9.29. The van der Waals surface area contributed by atoms with Gasteiger partial charge < -0.3 is 5.32 Å². The van der Waals surface area contributed by atoms with Crippen LogP contribution in [0.15, 0.2) is 72.4 Å². The van der Waals surface area contributed by atoms with E-state index in [0.29, 0.717) is 12.5 Å². The first-order chi connectivity index (χ1) is 12.8. The van der Waals surface area contributed by atoms with Crippen LogP contribution in [0.1, 0.15) is 11.1 Å². The highest BCUT2D eigenvalue weighted by Crippen LogP contribution is 2.29. The van der Waals surface area contributed by atoms with E-state index in [9.17, 15) is 0 Å². The summed E-state index contributed by atoms with van der Waals surface area (Å²) in [5, 5.41) is 6.36. The van der Waals surface area contributed by atoms with Crippen molar-refractivity contribution in [2.24, 2.45) is 0 Å². The van der Waals surface area contributed by atoms with Gasteiger partial charge in [0.05, 0.1) is 5.69 Å². The zero-order chi connectivity index (χ0) is 17.8. The molecule has 4 aromatic rings. The number of nitrogens with zero attached hydrogens (tertiary/aromatic N) is 3. The zero-order valence-corrected chi connectivity index (χ0v) is 15.2. The Bertz CT molecular complexity index is 977. The van der Waals surface area contributed by atoms with Crippen LogP contribution in [-0.2, 0) is 6.54 Å². The summed E-state index contributed by atoms with van der Waals surface area (Å²) >= 11 is 1.67. The molecule has 0 unspecified atom stereocenters. The van der Waals surface area contributed by atoms with E-state index in [1.807, 2.05) is 0 Å². The lowest BCUT2D eigenvalue weighted by atomic mass is 10.1. The van der Waals surface area contributed by atoms with Crippen LogP contribution in [0.3, 0.4) is 0 Å². The fraction of sp³-hybridized carbons (Fsp3) is 0.0952. The Labute approximate surface area is 156 Å². The number of hydrogen-bond acceptors (Lipinski definition) is 5. The summed E-state index contributed by atoms with van der Waals surface area (Å²) in [6.07, 6.45) is 3.46. The molecule has 128 valence electrons. The van der Waals surface area contributed by atoms with Crippen molar-refractivity contribution in [2.75, 3.05) is 5.32 Å². The first kappa shape index (κ1) is 16.4. The number of aromatic nitrogens is 3. The molecule has 0 atom stereocenters. The molecule has 0 saturated carbocycles. The summed E-state index contributed by atoms with van der Waals surface area (Å²) in [7, 11) is 0. The van der Waals surface area contributed by atoms with Crippen molar-refractivity contribution >= 4 is 17.3 Å². The normalized spacial score (nSPS) is 10.7. The molecule has 2 aromatic heterocycles. The standard InChI is InChI=1S/C21H18N4S/c1-15-3-7-17(8-4-15)19-14-26-20(25-19)18-9-5-16(6-10-18)13-24-21-22-11-2-12-23-21/h2-12,14H,13H2,1H3,(H,22,23,24). The minimum Gasteiger partial charge on any atom is -0.350 e. The molecule has 2 aromatic carbocycles. The average Bonchev–Trinajstić information content (AvgIpc) is 3.18. The highest BCUT2D eigenvalue weighted by Gasteiger charge is 2.07. The van der Waals surface area contributed by atoms with E-state index in [1.54, 1.807) is 29.8 Å². The van der Waals surface area contributed by atoms with Crippen LogP contribution in [-0.4, -0.2) is 15.0 Å². The average molecular weight is 358 g/mol. The topological polar surface area (TPSA) is 50.7 Å². The zero-order valence-electron chi connectivity index (χ0n) is 14.4. The second-order valence-electron chi connectivity index (χ2n) is 6.03. The quantitative estimate of drug-likeness (QED) is 0.533. The fourth-order valence-electron chi connectivity index (χ4n) is 2.60. The van der Waals surface area contributed by atoms with Crippen LogP contribution < -0.4 is 5.32 Å². The molecule has 0 aliphatic rings. The van der Waals surface area contributed by atoms with Crippen LogP contribution >= 0.6 is 11.3 Å². The second kappa shape index (κ2) is 7.45. The van der Waals surface area contributed by atoms with E-state index >= 15 is 0 Å². The molecule has 0 saturated heterocycles. The van der Waals surface area contributed by atoms with Crippen LogP contribution in [0.4, 0.5) is 5.95 Å². The molecule has 0 aliphatic carbocycles. The van der Waals surface area contributed by atoms with E-state index in [4.69, 9.17) is 4.98 Å². The molecule has 4 rings (SSSR count). The molecule has 0 fully saturated rings. The molecular formula is C21H18N4S. The smallest absolute Gasteiger partial charge is 0.222 e. The highest BCUT2D eigenvalue weighted by molar-refractivity contribution is 7.13. The van der Waals surface area contributed by atoms with Gasteiger partial charge >= 0.3 is 0 Å². The molecule has 1 N–H and O–H groups in total. The lowest BCUT2D eigenvalue weighted by Crippen LogP contribution is -2.02. The summed E-state index contributed by atoms with van der Waals surface area (Å²) in [5.74, 6) is 0.638. The largest absolute Gasteiger partial charge is 0.350 e. The van der Waals surface area contributed by atoms with E-state index in [2.05, 4.69) is 76.1 Å². The monoisotopic (exact) mass is 358 g/mol. The molecule has 0 aliphatic heterocycles. The summed E-state index contributed by atoms with van der Waals surface area (Å²) in [6, 6.07) is 18.7. The van der Waals surface area contributed by atoms with Gasteiger partial charge in [-0.25, -0.2) is 15.0 Å². The predicted molar refractivity (Wildman–Crippen MR) is 107 cm³/mol. The Hall–Kier alpha value is -3.05. The van der Waals surface area contributed by atoms with Crippen molar-refractivity contribution in [2.45, 2.75) is 13.5 Å². The molecular weight excluding hydrogens is 340 g/mol. The Morgan fingerprint density at radius 1 is 0.885 bits per heavy atom. The fourth-order valence-corrected chi connectivity index (χ4v) is 3.44. The molecule has 26 heavy (non-hydrogen) atoms. The van der Waals surface area contributed by atoms with E-state index in [0.717, 1.165) is 21.8 Å². The van der Waals surface area contributed by atoms with Crippen LogP contribution in [0.2, 0.25) is 0 Å². The summed E-state index contributed by atoms with van der Waals surface area (Å²) in [6.45, 7) is 2.79. The van der Waals surface area contributed by atoms with Gasteiger partial charge in [-0.3, -0.25) is 0 Å². The van der Waals surface area contributed by atoms with Gasteiger partial charge in [-0.15, -0.1) is 11.3 Å². The lowest BCUT2D eigenvalue weighted by molar-refractivity contribution is 1.05. The molecule has 0 amide bonds. The van der Waals surface area contributed by atoms with Crippen molar-refractivity contribution in [1.29, 1.82) is 0 Å². The Balaban J connectivity index is 1.46. The maximum Gasteiger partial charge on any atom is 0.222 e. The molecule has 0 bridgehead atoms. The Morgan fingerprint density at radius 2 is 1.58 bits per heavy atom. The number of anilines is 1. The number of aryl methyl sites for hydroxylation is 1. The van der Waals surface area contributed by atoms with E-state index in [-0.39, 0.29) is 0 Å². The summed E-state index contributed by atoms with van der Waals surface area (Å²) < 4.78 is 0. The van der Waals surface area contributed by atoms with Crippen molar-refractivity contribution < 1.29 is 0 Å². The number of benzene rings is 2. The van der Waals surface area contributed by atoms with E-state index in [1.165, 1.54) is 11.1 Å². The SMILES string of the molecule is Cc1ccc(-c2csc(-c3ccc(CNc4ncccn4)cc3)n2)cc1. The van der Waals surface area contributed by atoms with Crippen LogP contribution in [0.5, 0.6) is 0 Å². The Morgan fingerprint density at radius 3 is 2.31 bits per heavy atom. The third-order valence-electron chi connectivity index (χ3n) is 4.07. The van der Waals surface area contributed by atoms with Crippen molar-refractivity contribution in [1.82, 2.24) is 15.0 Å². The lowest BCUT2D eigenvalue weighted by Gasteiger charge is -2.05. The van der Waals surface area contributed by atoms with Gasteiger partial charge in [0, 0.05) is 35.4 Å². The number of hydrogen-bond donors (Lipinski definition) is 1. The third-order valence-corrected chi connectivity index (χ3v) is 4.96. The molecule has 5 heteroatoms. The molecule has 2 heterocycles. The summed E-state index contributed by atoms with van der Waals surface area (Å²) in [4.78, 5) is 13.1. The van der Waals surface area contributed by atoms with Gasteiger partial charge in [0.25, 0.3) is 0 Å². The Kier molecular flexibility index (Phi) is 4.71. The van der Waals surface area contributed by atoms with Gasteiger partial charge in [-0.1, -0.05) is 54.1 Å². The van der Waals surface area contributed by atoms with Gasteiger partial charge in [-0.2, -0.15) is 0 Å². The molecule has 0 radical (unpaired) electrons. The third kappa shape index (κ3) is 3.78. The van der Waals surface area contributed by atoms with Gasteiger partial charge in [0.1, 0.15) is 5.01 Å². The first-order valence-electron chi connectivity index (χ1n) is 8.41. The van der Waals surface area contributed by atoms with Gasteiger partial charge in [-0.05, 0) is 18.6 Å². The highest BCUT2D eigenvalue weighted by atomic mass is 32.1. The summed E-state index contributed by atoms with van der Waals surface area (Å²) in [5.41, 5.74) is 5.75. The van der Waals surface area contributed by atoms with Crippen molar-refractivity contribution in [3.63, 3.8) is 0 Å². The minimum atomic E-state index is 0.638. The van der Waals surface area contributed by atoms with Gasteiger partial charge in [0.2, 0.25) is 5.95 Å². The van der Waals surface area contributed by atoms with Crippen LogP contribution in [0.25, 0.3) is 21.8 Å². The molecule has 0 spiro atoms. The number of rotatable bonds is 5. The maximum absolute atomic E-state index is 4.79. The van der Waals surface area contributed by atoms with E-state index < -0.39 is 0 Å².